The summed E-state index contributed by atoms with van der Waals surface area (Å²) in [4.78, 5) is 31.9. The molecule has 1 fully saturated rings. The molecular weight excluding hydrogens is 470 g/mol. The van der Waals surface area contributed by atoms with Gasteiger partial charge in [-0.3, -0.25) is 9.59 Å². The highest BCUT2D eigenvalue weighted by Gasteiger charge is 2.26. The fraction of sp³-hybridized carbons (Fsp3) is 0.304. The lowest BCUT2D eigenvalue weighted by molar-refractivity contribution is -0.113. The van der Waals surface area contributed by atoms with Gasteiger partial charge < -0.3 is 10.2 Å². The normalized spacial score (nSPS) is 14.4. The molecule has 11 heteroatoms. The number of carbonyl (C=O) groups is 2. The SMILES string of the molecule is Cn1nnnc1SCC(=O)Nc1ccc(C(=O)N2CCC(c3nc4ccccc4s3)CC2)cc1. The van der Waals surface area contributed by atoms with Gasteiger partial charge in [0.15, 0.2) is 0 Å². The summed E-state index contributed by atoms with van der Waals surface area (Å²) < 4.78 is 2.73. The Morgan fingerprint density at radius 2 is 1.88 bits per heavy atom. The number of likely N-dealkylation sites (tertiary alicyclic amines) is 1. The molecule has 174 valence electrons. The van der Waals surface area contributed by atoms with E-state index in [1.807, 2.05) is 23.1 Å². The predicted octanol–water partition coefficient (Wildman–Crippen LogP) is 3.57. The van der Waals surface area contributed by atoms with Crippen molar-refractivity contribution in [3.8, 4) is 0 Å². The second-order valence-corrected chi connectivity index (χ2v) is 10.1. The van der Waals surface area contributed by atoms with Crippen LogP contribution in [0.2, 0.25) is 0 Å². The van der Waals surface area contributed by atoms with E-state index in [1.165, 1.54) is 26.2 Å². The summed E-state index contributed by atoms with van der Waals surface area (Å²) in [6, 6.07) is 15.2. The fourth-order valence-corrected chi connectivity index (χ4v) is 5.73. The summed E-state index contributed by atoms with van der Waals surface area (Å²) in [7, 11) is 1.72. The zero-order valence-corrected chi connectivity index (χ0v) is 20.2. The second-order valence-electron chi connectivity index (χ2n) is 8.09. The highest BCUT2D eigenvalue weighted by atomic mass is 32.2. The number of anilines is 1. The summed E-state index contributed by atoms with van der Waals surface area (Å²) in [6.07, 6.45) is 1.83. The number of thioether (sulfide) groups is 1. The maximum Gasteiger partial charge on any atom is 0.253 e. The van der Waals surface area contributed by atoms with Gasteiger partial charge in [-0.1, -0.05) is 23.9 Å². The topological polar surface area (TPSA) is 106 Å². The number of aromatic nitrogens is 5. The molecule has 2 aromatic heterocycles. The molecule has 0 atom stereocenters. The van der Waals surface area contributed by atoms with Crippen molar-refractivity contribution < 1.29 is 9.59 Å². The first kappa shape index (κ1) is 22.5. The quantitative estimate of drug-likeness (QED) is 0.409. The number of nitrogens with zero attached hydrogens (tertiary/aromatic N) is 6. The Morgan fingerprint density at radius 3 is 2.59 bits per heavy atom. The summed E-state index contributed by atoms with van der Waals surface area (Å²) >= 11 is 3.02. The number of hydrogen-bond acceptors (Lipinski definition) is 8. The van der Waals surface area contributed by atoms with Crippen LogP contribution in [0, 0.1) is 0 Å². The molecule has 1 aliphatic heterocycles. The molecule has 5 rings (SSSR count). The Bertz CT molecular complexity index is 1280. The Morgan fingerprint density at radius 1 is 1.12 bits per heavy atom. The first-order valence-corrected chi connectivity index (χ1v) is 12.8. The highest BCUT2D eigenvalue weighted by Crippen LogP contribution is 2.34. The number of tetrazole rings is 1. The zero-order chi connectivity index (χ0) is 23.5. The molecule has 0 aliphatic carbocycles. The van der Waals surface area contributed by atoms with Crippen LogP contribution in [-0.2, 0) is 11.8 Å². The first-order valence-electron chi connectivity index (χ1n) is 11.0. The Labute approximate surface area is 204 Å². The monoisotopic (exact) mass is 493 g/mol. The molecule has 2 aromatic carbocycles. The van der Waals surface area contributed by atoms with Crippen molar-refractivity contribution in [1.29, 1.82) is 0 Å². The van der Waals surface area contributed by atoms with Crippen molar-refractivity contribution in [3.63, 3.8) is 0 Å². The van der Waals surface area contributed by atoms with E-state index in [0.717, 1.165) is 18.4 Å². The second kappa shape index (κ2) is 9.90. The smallest absolute Gasteiger partial charge is 0.253 e. The van der Waals surface area contributed by atoms with E-state index in [-0.39, 0.29) is 17.6 Å². The van der Waals surface area contributed by atoms with Crippen LogP contribution in [0.15, 0.2) is 53.7 Å². The molecule has 0 bridgehead atoms. The first-order chi connectivity index (χ1) is 16.6. The van der Waals surface area contributed by atoms with Crippen LogP contribution in [0.1, 0.15) is 34.1 Å². The minimum atomic E-state index is -0.163. The van der Waals surface area contributed by atoms with Gasteiger partial charge in [-0.15, -0.1) is 16.4 Å². The van der Waals surface area contributed by atoms with Crippen molar-refractivity contribution in [3.05, 3.63) is 59.1 Å². The molecule has 0 unspecified atom stereocenters. The number of aryl methyl sites for hydroxylation is 1. The lowest BCUT2D eigenvalue weighted by Gasteiger charge is -2.31. The molecule has 0 spiro atoms. The van der Waals surface area contributed by atoms with E-state index in [4.69, 9.17) is 4.98 Å². The molecular formula is C23H23N7O2S2. The largest absolute Gasteiger partial charge is 0.339 e. The van der Waals surface area contributed by atoms with Crippen LogP contribution >= 0.6 is 23.1 Å². The number of rotatable bonds is 6. The van der Waals surface area contributed by atoms with Crippen molar-refractivity contribution in [2.24, 2.45) is 7.05 Å². The molecule has 1 saturated heterocycles. The average molecular weight is 494 g/mol. The van der Waals surface area contributed by atoms with Crippen LogP contribution in [0.3, 0.4) is 0 Å². The van der Waals surface area contributed by atoms with Gasteiger partial charge in [0.2, 0.25) is 11.1 Å². The number of thiazole rings is 1. The van der Waals surface area contributed by atoms with Crippen molar-refractivity contribution >= 4 is 50.8 Å². The standard InChI is InChI=1S/C23H23N7O2S2/c1-29-23(26-27-28-29)33-14-20(31)24-17-8-6-16(7-9-17)22(32)30-12-10-15(11-13-30)21-25-18-4-2-3-5-19(18)34-21/h2-9,15H,10-14H2,1H3,(H,24,31). The molecule has 3 heterocycles. The Kier molecular flexibility index (Phi) is 6.54. The zero-order valence-electron chi connectivity index (χ0n) is 18.5. The summed E-state index contributed by atoms with van der Waals surface area (Å²) in [5.41, 5.74) is 2.32. The van der Waals surface area contributed by atoms with Crippen molar-refractivity contribution in [1.82, 2.24) is 30.1 Å². The molecule has 1 aliphatic rings. The van der Waals surface area contributed by atoms with E-state index in [2.05, 4.69) is 26.9 Å². The third-order valence-corrected chi connectivity index (χ3v) is 7.98. The molecule has 0 radical (unpaired) electrons. The van der Waals surface area contributed by atoms with Gasteiger partial charge in [-0.2, -0.15) is 0 Å². The number of nitrogens with one attached hydrogen (secondary N) is 1. The van der Waals surface area contributed by atoms with Gasteiger partial charge >= 0.3 is 0 Å². The number of fused-ring (bicyclic) bond motifs is 1. The molecule has 2 amide bonds. The summed E-state index contributed by atoms with van der Waals surface area (Å²) in [6.45, 7) is 1.43. The minimum Gasteiger partial charge on any atom is -0.339 e. The lowest BCUT2D eigenvalue weighted by Crippen LogP contribution is -2.37. The Balaban J connectivity index is 1.13. The molecule has 1 N–H and O–H groups in total. The van der Waals surface area contributed by atoms with Gasteiger partial charge in [-0.05, 0) is 59.7 Å². The number of hydrogen-bond donors (Lipinski definition) is 1. The lowest BCUT2D eigenvalue weighted by atomic mass is 9.97. The van der Waals surface area contributed by atoms with E-state index in [1.54, 1.807) is 42.6 Å². The van der Waals surface area contributed by atoms with E-state index in [9.17, 15) is 9.59 Å². The third-order valence-electron chi connectivity index (χ3n) is 5.77. The van der Waals surface area contributed by atoms with E-state index in [0.29, 0.717) is 35.4 Å². The maximum atomic E-state index is 13.0. The van der Waals surface area contributed by atoms with Gasteiger partial charge in [0.1, 0.15) is 0 Å². The number of carbonyl (C=O) groups excluding carboxylic acids is 2. The predicted molar refractivity (Wildman–Crippen MR) is 132 cm³/mol. The maximum absolute atomic E-state index is 13.0. The molecule has 9 nitrogen and oxygen atoms in total. The number of benzene rings is 2. The van der Waals surface area contributed by atoms with Crippen molar-refractivity contribution in [2.45, 2.75) is 23.9 Å². The Hall–Kier alpha value is -3.31. The van der Waals surface area contributed by atoms with Crippen molar-refractivity contribution in [2.75, 3.05) is 24.2 Å². The molecule has 34 heavy (non-hydrogen) atoms. The van der Waals surface area contributed by atoms with E-state index >= 15 is 0 Å². The van der Waals surface area contributed by atoms with Crippen LogP contribution in [0.25, 0.3) is 10.2 Å². The van der Waals surface area contributed by atoms with Gasteiger partial charge in [-0.25, -0.2) is 9.67 Å². The third kappa shape index (κ3) is 4.95. The van der Waals surface area contributed by atoms with Crippen LogP contribution in [0.5, 0.6) is 0 Å². The van der Waals surface area contributed by atoms with Gasteiger partial charge in [0.25, 0.3) is 5.91 Å². The van der Waals surface area contributed by atoms with E-state index < -0.39 is 0 Å². The number of para-hydroxylation sites is 1. The van der Waals surface area contributed by atoms with Gasteiger partial charge in [0.05, 0.1) is 21.0 Å². The average Bonchev–Trinajstić information content (AvgIpc) is 3.49. The number of amides is 2. The molecule has 4 aromatic rings. The van der Waals surface area contributed by atoms with Crippen LogP contribution in [0.4, 0.5) is 5.69 Å². The summed E-state index contributed by atoms with van der Waals surface area (Å²) in [5.74, 6) is 0.447. The van der Waals surface area contributed by atoms with Crippen LogP contribution in [-0.4, -0.2) is 60.7 Å². The molecule has 0 saturated carbocycles. The highest BCUT2D eigenvalue weighted by molar-refractivity contribution is 7.99. The fourth-order valence-electron chi connectivity index (χ4n) is 3.94. The van der Waals surface area contributed by atoms with Gasteiger partial charge in [0, 0.05) is 37.3 Å². The van der Waals surface area contributed by atoms with Crippen LogP contribution < -0.4 is 5.32 Å². The number of piperidine rings is 1. The summed E-state index contributed by atoms with van der Waals surface area (Å²) in [5, 5.41) is 15.7. The minimum absolute atomic E-state index is 0.0194.